The Morgan fingerprint density at radius 2 is 2.00 bits per heavy atom. The number of amides is 1. The number of nitrogens with one attached hydrogen (secondary N) is 1. The van der Waals surface area contributed by atoms with Crippen molar-refractivity contribution in [1.29, 1.82) is 0 Å². The minimum absolute atomic E-state index is 0.000846. The van der Waals surface area contributed by atoms with Gasteiger partial charge >= 0.3 is 11.8 Å². The average molecular weight is 462 g/mol. The molecule has 1 heterocycles. The van der Waals surface area contributed by atoms with E-state index in [1.54, 1.807) is 20.8 Å². The first kappa shape index (κ1) is 25.0. The van der Waals surface area contributed by atoms with Crippen LogP contribution in [0.1, 0.15) is 31.9 Å². The van der Waals surface area contributed by atoms with Crippen LogP contribution >= 0.6 is 0 Å². The average Bonchev–Trinajstić information content (AvgIpc) is 2.56. The summed E-state index contributed by atoms with van der Waals surface area (Å²) in [7, 11) is -2.33. The molecule has 1 aliphatic rings. The highest BCUT2D eigenvalue weighted by Gasteiger charge is 2.41. The molecule has 0 spiro atoms. The zero-order valence-corrected chi connectivity index (χ0v) is 18.6. The minimum atomic E-state index is -3.63. The molecule has 12 heteroatoms. The van der Waals surface area contributed by atoms with Crippen LogP contribution in [0.25, 0.3) is 0 Å². The first-order valence-electron chi connectivity index (χ1n) is 9.55. The summed E-state index contributed by atoms with van der Waals surface area (Å²) in [5.41, 5.74) is -1.26. The Balaban J connectivity index is 2.27. The molecule has 1 aliphatic heterocycles. The van der Waals surface area contributed by atoms with E-state index < -0.39 is 61.8 Å². The second-order valence-corrected chi connectivity index (χ2v) is 10.7. The van der Waals surface area contributed by atoms with Crippen molar-refractivity contribution >= 4 is 21.6 Å². The number of rotatable bonds is 6. The zero-order chi connectivity index (χ0) is 23.6. The van der Waals surface area contributed by atoms with E-state index in [9.17, 15) is 32.8 Å². The number of carbonyl (C=O) groups is 1. The van der Waals surface area contributed by atoms with Gasteiger partial charge in [0.05, 0.1) is 40.7 Å². The summed E-state index contributed by atoms with van der Waals surface area (Å²) in [6, 6.07) is 1.19. The van der Waals surface area contributed by atoms with Gasteiger partial charge in [-0.1, -0.05) is 0 Å². The molecular formula is C19H27FN2O8S. The number of methoxy groups -OCH3 is 1. The molecular weight excluding hydrogens is 435 g/mol. The monoisotopic (exact) mass is 462 g/mol. The Bertz CT molecular complexity index is 945. The summed E-state index contributed by atoms with van der Waals surface area (Å²) < 4.78 is 49.1. The topological polar surface area (TPSA) is 145 Å². The van der Waals surface area contributed by atoms with Gasteiger partial charge in [0.15, 0.2) is 9.84 Å². The fourth-order valence-electron chi connectivity index (χ4n) is 3.57. The van der Waals surface area contributed by atoms with Crippen molar-refractivity contribution < 1.29 is 37.1 Å². The lowest BCUT2D eigenvalue weighted by Gasteiger charge is -2.35. The molecule has 2 rings (SSSR count). The molecule has 1 aromatic carbocycles. The highest BCUT2D eigenvalue weighted by Crippen LogP contribution is 2.29. The fraction of sp³-hybridized carbons (Fsp3) is 0.632. The highest BCUT2D eigenvalue weighted by atomic mass is 32.2. The fourth-order valence-corrected chi connectivity index (χ4v) is 5.50. The van der Waals surface area contributed by atoms with Crippen LogP contribution in [0.15, 0.2) is 12.1 Å². The minimum Gasteiger partial charge on any atom is -0.444 e. The maximum absolute atomic E-state index is 14.3. The van der Waals surface area contributed by atoms with E-state index in [0.29, 0.717) is 0 Å². The van der Waals surface area contributed by atoms with Crippen molar-refractivity contribution in [2.24, 2.45) is 5.92 Å². The molecule has 1 amide bonds. The summed E-state index contributed by atoms with van der Waals surface area (Å²) in [6.45, 7) is 4.72. The zero-order valence-electron chi connectivity index (χ0n) is 17.8. The molecule has 10 nitrogen and oxygen atoms in total. The van der Waals surface area contributed by atoms with E-state index >= 15 is 0 Å². The van der Waals surface area contributed by atoms with Gasteiger partial charge in [-0.3, -0.25) is 10.1 Å². The van der Waals surface area contributed by atoms with E-state index in [0.717, 1.165) is 6.07 Å². The van der Waals surface area contributed by atoms with Gasteiger partial charge in [-0.2, -0.15) is 4.39 Å². The maximum Gasteiger partial charge on any atom is 0.407 e. The van der Waals surface area contributed by atoms with Crippen molar-refractivity contribution in [1.82, 2.24) is 5.32 Å². The normalized spacial score (nSPS) is 23.2. The molecule has 1 saturated heterocycles. The number of hydrogen-bond acceptors (Lipinski definition) is 8. The van der Waals surface area contributed by atoms with Gasteiger partial charge in [0, 0.05) is 13.0 Å². The number of sulfone groups is 1. The number of halogens is 1. The molecule has 31 heavy (non-hydrogen) atoms. The van der Waals surface area contributed by atoms with E-state index in [4.69, 9.17) is 9.47 Å². The molecule has 174 valence electrons. The van der Waals surface area contributed by atoms with Crippen molar-refractivity contribution in [2.45, 2.75) is 51.5 Å². The molecule has 3 atom stereocenters. The van der Waals surface area contributed by atoms with Gasteiger partial charge in [0.25, 0.3) is 0 Å². The predicted octanol–water partition coefficient (Wildman–Crippen LogP) is 1.72. The molecule has 2 N–H and O–H groups in total. The number of aliphatic hydroxyl groups is 1. The van der Waals surface area contributed by atoms with E-state index in [1.165, 1.54) is 13.2 Å². The number of hydrogen-bond donors (Lipinski definition) is 2. The second kappa shape index (κ2) is 9.45. The van der Waals surface area contributed by atoms with Gasteiger partial charge in [-0.05, 0) is 44.9 Å². The van der Waals surface area contributed by atoms with Gasteiger partial charge in [0.2, 0.25) is 5.82 Å². The largest absolute Gasteiger partial charge is 0.444 e. The van der Waals surface area contributed by atoms with Gasteiger partial charge in [-0.25, -0.2) is 13.2 Å². The molecule has 0 aliphatic carbocycles. The summed E-state index contributed by atoms with van der Waals surface area (Å²) in [5.74, 6) is -2.78. The first-order valence-corrected chi connectivity index (χ1v) is 11.4. The van der Waals surface area contributed by atoms with Crippen molar-refractivity contribution in [3.63, 3.8) is 0 Å². The van der Waals surface area contributed by atoms with Crippen LogP contribution in [0.2, 0.25) is 0 Å². The van der Waals surface area contributed by atoms with E-state index in [1.807, 2.05) is 0 Å². The number of nitro benzene ring substituents is 1. The van der Waals surface area contributed by atoms with Gasteiger partial charge in [-0.15, -0.1) is 0 Å². The van der Waals surface area contributed by atoms with Crippen molar-refractivity contribution in [3.8, 4) is 0 Å². The SMILES string of the molecule is COCc1cc(C[C@@H]2CS(=O)(=O)C[C@H](NC(=O)OC(C)(C)C)[C@H]2O)cc(F)c1[N+](=O)[O-]. The molecule has 0 saturated carbocycles. The van der Waals surface area contributed by atoms with Gasteiger partial charge in [0.1, 0.15) is 5.60 Å². The molecule has 0 bridgehead atoms. The summed E-state index contributed by atoms with van der Waals surface area (Å²) in [4.78, 5) is 22.3. The molecule has 0 radical (unpaired) electrons. The Kier molecular flexibility index (Phi) is 7.61. The number of carbonyl (C=O) groups excluding carboxylic acids is 1. The van der Waals surface area contributed by atoms with E-state index in [-0.39, 0.29) is 29.9 Å². The summed E-state index contributed by atoms with van der Waals surface area (Å²) in [6.07, 6.45) is -2.19. The predicted molar refractivity (Wildman–Crippen MR) is 109 cm³/mol. The Morgan fingerprint density at radius 1 is 1.35 bits per heavy atom. The van der Waals surface area contributed by atoms with Crippen LogP contribution in [0, 0.1) is 21.8 Å². The number of alkyl carbamates (subject to hydrolysis) is 1. The Labute approximate surface area is 179 Å². The summed E-state index contributed by atoms with van der Waals surface area (Å²) in [5, 5.41) is 24.2. The number of benzene rings is 1. The lowest BCUT2D eigenvalue weighted by atomic mass is 9.90. The Hall–Kier alpha value is -2.31. The lowest BCUT2D eigenvalue weighted by Crippen LogP contribution is -2.56. The molecule has 0 unspecified atom stereocenters. The smallest absolute Gasteiger partial charge is 0.407 e. The van der Waals surface area contributed by atoms with Gasteiger partial charge < -0.3 is 19.9 Å². The van der Waals surface area contributed by atoms with Crippen molar-refractivity contribution in [2.75, 3.05) is 18.6 Å². The van der Waals surface area contributed by atoms with Crippen molar-refractivity contribution in [3.05, 3.63) is 39.2 Å². The van der Waals surface area contributed by atoms with Crippen LogP contribution in [-0.4, -0.2) is 60.9 Å². The lowest BCUT2D eigenvalue weighted by molar-refractivity contribution is -0.388. The standard InChI is InChI=1S/C19H27FN2O8S/c1-19(2,3)30-18(24)21-15-10-31(27,28)9-13(17(15)23)6-11-5-12(8-29-4)16(22(25)26)14(20)7-11/h5,7,13,15,17,23H,6,8-10H2,1-4H3,(H,21,24)/t13-,15+,17+/m1/s1. The maximum atomic E-state index is 14.3. The molecule has 1 aromatic rings. The van der Waals surface area contributed by atoms with Crippen LogP contribution in [0.4, 0.5) is 14.9 Å². The summed E-state index contributed by atoms with van der Waals surface area (Å²) >= 11 is 0. The third-order valence-electron chi connectivity index (χ3n) is 4.68. The van der Waals surface area contributed by atoms with Crippen LogP contribution in [0.5, 0.6) is 0 Å². The first-order chi connectivity index (χ1) is 14.2. The van der Waals surface area contributed by atoms with Crippen LogP contribution in [0.3, 0.4) is 0 Å². The Morgan fingerprint density at radius 3 is 2.55 bits per heavy atom. The number of nitro groups is 1. The highest BCUT2D eigenvalue weighted by molar-refractivity contribution is 7.91. The van der Waals surface area contributed by atoms with Crippen LogP contribution in [-0.2, 0) is 32.3 Å². The molecule has 0 aromatic heterocycles. The quantitative estimate of drug-likeness (QED) is 0.480. The third kappa shape index (κ3) is 6.84. The number of nitrogens with zero attached hydrogens (tertiary/aromatic N) is 1. The third-order valence-corrected chi connectivity index (χ3v) is 6.48. The number of aliphatic hydroxyl groups excluding tert-OH is 1. The van der Waals surface area contributed by atoms with Crippen LogP contribution < -0.4 is 5.32 Å². The van der Waals surface area contributed by atoms with E-state index in [2.05, 4.69) is 5.32 Å². The molecule has 1 fully saturated rings. The number of ether oxygens (including phenoxy) is 2. The second-order valence-electron chi connectivity index (χ2n) is 8.56.